The van der Waals surface area contributed by atoms with Gasteiger partial charge in [-0.3, -0.25) is 4.79 Å². The van der Waals surface area contributed by atoms with E-state index in [0.29, 0.717) is 23.5 Å². The first-order chi connectivity index (χ1) is 16.0. The third kappa shape index (κ3) is 4.82. The van der Waals surface area contributed by atoms with Crippen LogP contribution in [0.5, 0.6) is 5.75 Å². The topological polar surface area (TPSA) is 65.7 Å². The summed E-state index contributed by atoms with van der Waals surface area (Å²) in [4.78, 5) is 24.4. The summed E-state index contributed by atoms with van der Waals surface area (Å²) < 4.78 is 16.6. The summed E-state index contributed by atoms with van der Waals surface area (Å²) >= 11 is 0. The van der Waals surface area contributed by atoms with Crippen LogP contribution in [0.2, 0.25) is 0 Å². The zero-order valence-corrected chi connectivity index (χ0v) is 19.0. The minimum absolute atomic E-state index is 0.103. The predicted molar refractivity (Wildman–Crippen MR) is 129 cm³/mol. The third-order valence-corrected chi connectivity index (χ3v) is 5.74. The van der Waals surface area contributed by atoms with Gasteiger partial charge in [-0.15, -0.1) is 0 Å². The summed E-state index contributed by atoms with van der Waals surface area (Å²) in [6.45, 7) is 6.08. The van der Waals surface area contributed by atoms with Crippen LogP contribution in [-0.2, 0) is 22.6 Å². The summed E-state index contributed by atoms with van der Waals surface area (Å²) in [6, 6.07) is 22.2. The Balaban J connectivity index is 1.55. The number of fused-ring (bicyclic) bond motifs is 1. The van der Waals surface area contributed by atoms with E-state index >= 15 is 0 Å². The quantitative estimate of drug-likeness (QED) is 0.269. The van der Waals surface area contributed by atoms with Crippen LogP contribution in [0.1, 0.15) is 29.2 Å². The number of hydrogen-bond acceptors (Lipinski definition) is 5. The van der Waals surface area contributed by atoms with Gasteiger partial charge in [0.05, 0.1) is 18.6 Å². The average molecular weight is 443 g/mol. The number of carbonyl (C=O) groups is 1. The molecule has 0 bridgehead atoms. The Hall–Kier alpha value is -3.86. The van der Waals surface area contributed by atoms with Crippen molar-refractivity contribution in [2.24, 2.45) is 0 Å². The molecule has 1 heterocycles. The molecule has 3 aromatic carbocycles. The summed E-state index contributed by atoms with van der Waals surface area (Å²) in [5.41, 5.74) is 5.10. The Bertz CT molecular complexity index is 1340. The van der Waals surface area contributed by atoms with E-state index in [1.54, 1.807) is 6.92 Å². The summed E-state index contributed by atoms with van der Waals surface area (Å²) in [7, 11) is 0. The van der Waals surface area contributed by atoms with E-state index in [2.05, 4.69) is 24.3 Å². The monoisotopic (exact) mass is 442 g/mol. The highest BCUT2D eigenvalue weighted by Gasteiger charge is 2.18. The van der Waals surface area contributed by atoms with E-state index in [1.807, 2.05) is 56.3 Å². The summed E-state index contributed by atoms with van der Waals surface area (Å²) in [5, 5.41) is 0.783. The van der Waals surface area contributed by atoms with Crippen LogP contribution in [0, 0.1) is 13.8 Å². The van der Waals surface area contributed by atoms with E-state index in [1.165, 1.54) is 5.56 Å². The van der Waals surface area contributed by atoms with Gasteiger partial charge < -0.3 is 13.9 Å². The second-order valence-corrected chi connectivity index (χ2v) is 7.89. The predicted octanol–water partition coefficient (Wildman–Crippen LogP) is 5.76. The highest BCUT2D eigenvalue weighted by Crippen LogP contribution is 2.30. The van der Waals surface area contributed by atoms with Crippen molar-refractivity contribution >= 4 is 16.9 Å². The Morgan fingerprint density at radius 1 is 0.879 bits per heavy atom. The van der Waals surface area contributed by atoms with Gasteiger partial charge in [-0.05, 0) is 55.2 Å². The van der Waals surface area contributed by atoms with Crippen molar-refractivity contribution in [2.45, 2.75) is 33.8 Å². The van der Waals surface area contributed by atoms with Gasteiger partial charge in [0.1, 0.15) is 17.9 Å². The highest BCUT2D eigenvalue weighted by molar-refractivity contribution is 5.86. The van der Waals surface area contributed by atoms with Gasteiger partial charge in [0.15, 0.2) is 0 Å². The Morgan fingerprint density at radius 2 is 1.58 bits per heavy atom. The molecular formula is C28H26O5. The van der Waals surface area contributed by atoms with E-state index in [-0.39, 0.29) is 13.0 Å². The SMILES string of the molecule is CCOC(=O)Cc1c(C)c2ccc(OCc3ccc(-c4ccccc4)cc3)c(C)c2oc1=O. The molecule has 0 saturated carbocycles. The van der Waals surface area contributed by atoms with E-state index in [4.69, 9.17) is 13.9 Å². The van der Waals surface area contributed by atoms with Crippen LogP contribution in [0.25, 0.3) is 22.1 Å². The molecule has 1 aromatic heterocycles. The fourth-order valence-electron chi connectivity index (χ4n) is 3.87. The zero-order valence-electron chi connectivity index (χ0n) is 19.0. The standard InChI is InChI=1S/C28H26O5/c1-4-31-26(29)16-24-18(2)23-14-15-25(19(3)27(23)33-28(24)30)32-17-20-10-12-22(13-11-20)21-8-6-5-7-9-21/h5-15H,4,16-17H2,1-3H3. The molecule has 0 spiro atoms. The maximum absolute atomic E-state index is 12.6. The molecule has 5 heteroatoms. The molecule has 0 aliphatic carbocycles. The lowest BCUT2D eigenvalue weighted by Gasteiger charge is -2.13. The molecule has 0 atom stereocenters. The van der Waals surface area contributed by atoms with Crippen molar-refractivity contribution in [2.75, 3.05) is 6.61 Å². The molecule has 0 saturated heterocycles. The average Bonchev–Trinajstić information content (AvgIpc) is 2.83. The summed E-state index contributed by atoms with van der Waals surface area (Å²) in [6.07, 6.45) is -0.103. The van der Waals surface area contributed by atoms with Gasteiger partial charge in [0, 0.05) is 10.9 Å². The lowest BCUT2D eigenvalue weighted by atomic mass is 10.0. The molecule has 0 amide bonds. The highest BCUT2D eigenvalue weighted by atomic mass is 16.5. The molecule has 4 aromatic rings. The molecular weight excluding hydrogens is 416 g/mol. The van der Waals surface area contributed by atoms with Crippen molar-refractivity contribution in [1.29, 1.82) is 0 Å². The zero-order chi connectivity index (χ0) is 23.4. The molecule has 4 rings (SSSR count). The second-order valence-electron chi connectivity index (χ2n) is 7.89. The number of rotatable bonds is 7. The summed E-state index contributed by atoms with van der Waals surface area (Å²) in [5.74, 6) is 0.206. The number of ether oxygens (including phenoxy) is 2. The smallest absolute Gasteiger partial charge is 0.340 e. The number of esters is 1. The van der Waals surface area contributed by atoms with Crippen molar-refractivity contribution < 1.29 is 18.7 Å². The van der Waals surface area contributed by atoms with Crippen LogP contribution in [0.3, 0.4) is 0 Å². The van der Waals surface area contributed by atoms with E-state index in [9.17, 15) is 9.59 Å². The lowest BCUT2D eigenvalue weighted by molar-refractivity contribution is -0.142. The van der Waals surface area contributed by atoms with E-state index in [0.717, 1.165) is 27.6 Å². The lowest BCUT2D eigenvalue weighted by Crippen LogP contribution is -2.17. The Morgan fingerprint density at radius 3 is 2.27 bits per heavy atom. The van der Waals surface area contributed by atoms with Crippen molar-refractivity contribution in [3.63, 3.8) is 0 Å². The van der Waals surface area contributed by atoms with Crippen LogP contribution >= 0.6 is 0 Å². The first-order valence-electron chi connectivity index (χ1n) is 11.0. The van der Waals surface area contributed by atoms with E-state index < -0.39 is 11.6 Å². The maximum Gasteiger partial charge on any atom is 0.340 e. The van der Waals surface area contributed by atoms with Gasteiger partial charge >= 0.3 is 11.6 Å². The molecule has 0 unspecified atom stereocenters. The first kappa shape index (κ1) is 22.3. The molecule has 5 nitrogen and oxygen atoms in total. The van der Waals surface area contributed by atoms with Crippen LogP contribution in [0.4, 0.5) is 0 Å². The van der Waals surface area contributed by atoms with Gasteiger partial charge in [-0.25, -0.2) is 4.79 Å². The van der Waals surface area contributed by atoms with Gasteiger partial charge in [-0.1, -0.05) is 54.6 Å². The molecule has 0 N–H and O–H groups in total. The number of aryl methyl sites for hydroxylation is 2. The Labute approximate surface area is 192 Å². The third-order valence-electron chi connectivity index (χ3n) is 5.74. The van der Waals surface area contributed by atoms with Crippen molar-refractivity contribution in [1.82, 2.24) is 0 Å². The molecule has 0 fully saturated rings. The van der Waals surface area contributed by atoms with Gasteiger partial charge in [-0.2, -0.15) is 0 Å². The Kier molecular flexibility index (Phi) is 6.59. The van der Waals surface area contributed by atoms with Crippen LogP contribution in [-0.4, -0.2) is 12.6 Å². The largest absolute Gasteiger partial charge is 0.488 e. The first-order valence-corrected chi connectivity index (χ1v) is 11.0. The van der Waals surface area contributed by atoms with Gasteiger partial charge in [0.2, 0.25) is 0 Å². The molecule has 0 aliphatic heterocycles. The van der Waals surface area contributed by atoms with Crippen molar-refractivity contribution in [3.05, 3.63) is 99.4 Å². The molecule has 168 valence electrons. The normalized spacial score (nSPS) is 10.9. The number of carbonyl (C=O) groups excluding carboxylic acids is 1. The second kappa shape index (κ2) is 9.74. The minimum atomic E-state index is -0.523. The number of benzene rings is 3. The maximum atomic E-state index is 12.6. The van der Waals surface area contributed by atoms with Gasteiger partial charge in [0.25, 0.3) is 0 Å². The fourth-order valence-corrected chi connectivity index (χ4v) is 3.87. The molecule has 0 radical (unpaired) electrons. The fraction of sp³-hybridized carbons (Fsp3) is 0.214. The van der Waals surface area contributed by atoms with Crippen LogP contribution in [0.15, 0.2) is 75.9 Å². The minimum Gasteiger partial charge on any atom is -0.488 e. The molecule has 0 aliphatic rings. The van der Waals surface area contributed by atoms with Crippen molar-refractivity contribution in [3.8, 4) is 16.9 Å². The molecule has 33 heavy (non-hydrogen) atoms. The van der Waals surface area contributed by atoms with Crippen LogP contribution < -0.4 is 10.4 Å². The number of hydrogen-bond donors (Lipinski definition) is 0.